The second kappa shape index (κ2) is 8.70. The van der Waals surface area contributed by atoms with Gasteiger partial charge in [-0.1, -0.05) is 39.8 Å². The number of aliphatic hydroxyl groups is 1. The van der Waals surface area contributed by atoms with Crippen molar-refractivity contribution in [2.45, 2.75) is 25.1 Å². The number of aryl methyl sites for hydroxylation is 2. The van der Waals surface area contributed by atoms with E-state index in [1.54, 1.807) is 0 Å². The monoisotopic (exact) mass is 433 g/mol. The number of thioether (sulfide) groups is 1. The third kappa shape index (κ3) is 4.87. The van der Waals surface area contributed by atoms with Gasteiger partial charge in [0.15, 0.2) is 5.16 Å². The van der Waals surface area contributed by atoms with Crippen molar-refractivity contribution in [1.82, 2.24) is 14.8 Å². The van der Waals surface area contributed by atoms with E-state index in [1.165, 1.54) is 17.3 Å². The minimum atomic E-state index is -0.605. The Bertz CT molecular complexity index is 867. The largest absolute Gasteiger partial charge is 0.491 e. The van der Waals surface area contributed by atoms with Crippen LogP contribution in [0.3, 0.4) is 0 Å². The molecule has 0 saturated carbocycles. The van der Waals surface area contributed by atoms with Crippen LogP contribution < -0.4 is 4.74 Å². The Hall–Kier alpha value is -1.83. The number of benzene rings is 2. The van der Waals surface area contributed by atoms with Crippen LogP contribution in [0.15, 0.2) is 58.2 Å². The van der Waals surface area contributed by atoms with Crippen molar-refractivity contribution in [3.8, 4) is 11.4 Å². The lowest BCUT2D eigenvalue weighted by Crippen LogP contribution is -2.20. The van der Waals surface area contributed by atoms with Crippen LogP contribution in [0.4, 0.5) is 0 Å². The fraction of sp³-hybridized carbons (Fsp3) is 0.263. The van der Waals surface area contributed by atoms with E-state index < -0.39 is 6.10 Å². The lowest BCUT2D eigenvalue weighted by atomic mass is 10.2. The molecule has 0 saturated heterocycles. The number of hydrogen-bond donors (Lipinski definition) is 1. The molecular weight excluding hydrogens is 414 g/mol. The van der Waals surface area contributed by atoms with Crippen molar-refractivity contribution in [2.75, 3.05) is 12.4 Å². The predicted octanol–water partition coefficient (Wildman–Crippen LogP) is 4.18. The Labute approximate surface area is 165 Å². The van der Waals surface area contributed by atoms with Crippen LogP contribution in [-0.2, 0) is 0 Å². The van der Waals surface area contributed by atoms with Crippen molar-refractivity contribution in [1.29, 1.82) is 0 Å². The number of aromatic nitrogens is 3. The second-order valence-corrected chi connectivity index (χ2v) is 7.84. The van der Waals surface area contributed by atoms with Crippen LogP contribution >= 0.6 is 27.7 Å². The molecule has 3 rings (SSSR count). The second-order valence-electron chi connectivity index (χ2n) is 5.93. The first-order valence-corrected chi connectivity index (χ1v) is 9.99. The van der Waals surface area contributed by atoms with Gasteiger partial charge in [-0.15, -0.1) is 10.2 Å². The average molecular weight is 434 g/mol. The fourth-order valence-electron chi connectivity index (χ4n) is 2.44. The summed E-state index contributed by atoms with van der Waals surface area (Å²) in [5.41, 5.74) is 2.20. The molecule has 26 heavy (non-hydrogen) atoms. The highest BCUT2D eigenvalue weighted by Gasteiger charge is 2.14. The van der Waals surface area contributed by atoms with E-state index in [4.69, 9.17) is 4.74 Å². The molecule has 1 heterocycles. The molecule has 3 aromatic rings. The summed E-state index contributed by atoms with van der Waals surface area (Å²) in [7, 11) is 0. The van der Waals surface area contributed by atoms with Gasteiger partial charge in [0.2, 0.25) is 0 Å². The van der Waals surface area contributed by atoms with Crippen molar-refractivity contribution >= 4 is 27.7 Å². The van der Waals surface area contributed by atoms with Crippen LogP contribution in [0.25, 0.3) is 5.69 Å². The van der Waals surface area contributed by atoms with Gasteiger partial charge in [0.1, 0.15) is 18.2 Å². The van der Waals surface area contributed by atoms with Gasteiger partial charge in [0.25, 0.3) is 0 Å². The first-order chi connectivity index (χ1) is 12.5. The zero-order chi connectivity index (χ0) is 18.5. The van der Waals surface area contributed by atoms with Crippen molar-refractivity contribution in [2.24, 2.45) is 0 Å². The SMILES string of the molecule is Cc1cccc(-n2c(C)nnc2SC[C@@H](O)COc2ccc(Br)cc2)c1. The summed E-state index contributed by atoms with van der Waals surface area (Å²) in [4.78, 5) is 0. The molecule has 0 amide bonds. The maximum atomic E-state index is 10.2. The number of nitrogens with zero attached hydrogens (tertiary/aromatic N) is 3. The molecular formula is C19H20BrN3O2S. The van der Waals surface area contributed by atoms with Crippen LogP contribution in [-0.4, -0.2) is 38.3 Å². The van der Waals surface area contributed by atoms with E-state index in [9.17, 15) is 5.11 Å². The number of halogens is 1. The van der Waals surface area contributed by atoms with E-state index in [0.29, 0.717) is 5.75 Å². The quantitative estimate of drug-likeness (QED) is 0.566. The van der Waals surface area contributed by atoms with Gasteiger partial charge in [0.05, 0.1) is 6.10 Å². The Morgan fingerprint density at radius 2 is 1.92 bits per heavy atom. The number of ether oxygens (including phenoxy) is 1. The fourth-order valence-corrected chi connectivity index (χ4v) is 3.61. The van der Waals surface area contributed by atoms with Gasteiger partial charge in [0, 0.05) is 15.9 Å². The molecule has 0 aliphatic carbocycles. The smallest absolute Gasteiger partial charge is 0.195 e. The summed E-state index contributed by atoms with van der Waals surface area (Å²) in [6.07, 6.45) is -0.605. The zero-order valence-electron chi connectivity index (χ0n) is 14.6. The first kappa shape index (κ1) is 18.9. The molecule has 5 nitrogen and oxygen atoms in total. The highest BCUT2D eigenvalue weighted by molar-refractivity contribution is 9.10. The van der Waals surface area contributed by atoms with Crippen molar-refractivity contribution in [3.05, 3.63) is 64.4 Å². The third-order valence-electron chi connectivity index (χ3n) is 3.72. The van der Waals surface area contributed by atoms with Crippen molar-refractivity contribution < 1.29 is 9.84 Å². The molecule has 2 aromatic carbocycles. The van der Waals surface area contributed by atoms with Gasteiger partial charge >= 0.3 is 0 Å². The average Bonchev–Trinajstić information content (AvgIpc) is 3.00. The first-order valence-electron chi connectivity index (χ1n) is 8.21. The molecule has 0 bridgehead atoms. The maximum absolute atomic E-state index is 10.2. The van der Waals surface area contributed by atoms with Crippen LogP contribution in [0.2, 0.25) is 0 Å². The molecule has 1 N–H and O–H groups in total. The number of hydrogen-bond acceptors (Lipinski definition) is 5. The highest BCUT2D eigenvalue weighted by Crippen LogP contribution is 2.23. The van der Waals surface area contributed by atoms with Crippen LogP contribution in [0.5, 0.6) is 5.75 Å². The summed E-state index contributed by atoms with van der Waals surface area (Å²) in [5, 5.41) is 19.4. The molecule has 0 aliphatic rings. The Balaban J connectivity index is 1.60. The molecule has 0 unspecified atom stereocenters. The number of rotatable bonds is 7. The maximum Gasteiger partial charge on any atom is 0.195 e. The molecule has 0 spiro atoms. The summed E-state index contributed by atoms with van der Waals surface area (Å²) in [5.74, 6) is 2.02. The van der Waals surface area contributed by atoms with E-state index in [1.807, 2.05) is 47.9 Å². The van der Waals surface area contributed by atoms with Gasteiger partial charge < -0.3 is 9.84 Å². The lowest BCUT2D eigenvalue weighted by molar-refractivity contribution is 0.126. The molecule has 0 radical (unpaired) electrons. The molecule has 7 heteroatoms. The van der Waals surface area contributed by atoms with Gasteiger partial charge in [-0.2, -0.15) is 0 Å². The van der Waals surface area contributed by atoms with E-state index in [0.717, 1.165) is 26.9 Å². The normalized spacial score (nSPS) is 12.2. The molecule has 136 valence electrons. The van der Waals surface area contributed by atoms with E-state index >= 15 is 0 Å². The van der Waals surface area contributed by atoms with E-state index in [-0.39, 0.29) is 6.61 Å². The molecule has 0 fully saturated rings. The Morgan fingerprint density at radius 1 is 1.15 bits per heavy atom. The summed E-state index contributed by atoms with van der Waals surface area (Å²) >= 11 is 4.85. The van der Waals surface area contributed by atoms with Gasteiger partial charge in [-0.25, -0.2) is 0 Å². The van der Waals surface area contributed by atoms with Crippen LogP contribution in [0, 0.1) is 13.8 Å². The molecule has 0 aliphatic heterocycles. The summed E-state index contributed by atoms with van der Waals surface area (Å²) in [6, 6.07) is 15.7. The number of aliphatic hydroxyl groups excluding tert-OH is 1. The minimum Gasteiger partial charge on any atom is -0.491 e. The topological polar surface area (TPSA) is 60.2 Å². The zero-order valence-corrected chi connectivity index (χ0v) is 17.0. The Kier molecular flexibility index (Phi) is 6.34. The Morgan fingerprint density at radius 3 is 2.65 bits per heavy atom. The minimum absolute atomic E-state index is 0.228. The third-order valence-corrected chi connectivity index (χ3v) is 5.32. The molecule has 1 aromatic heterocycles. The van der Waals surface area contributed by atoms with E-state index in [2.05, 4.69) is 45.2 Å². The van der Waals surface area contributed by atoms with Crippen molar-refractivity contribution in [3.63, 3.8) is 0 Å². The predicted molar refractivity (Wildman–Crippen MR) is 107 cm³/mol. The summed E-state index contributed by atoms with van der Waals surface area (Å²) < 4.78 is 8.61. The van der Waals surface area contributed by atoms with Crippen LogP contribution in [0.1, 0.15) is 11.4 Å². The summed E-state index contributed by atoms with van der Waals surface area (Å²) in [6.45, 7) is 4.21. The lowest BCUT2D eigenvalue weighted by Gasteiger charge is -2.13. The van der Waals surface area contributed by atoms with Gasteiger partial charge in [-0.05, 0) is 55.8 Å². The van der Waals surface area contributed by atoms with Gasteiger partial charge in [-0.3, -0.25) is 4.57 Å². The molecule has 1 atom stereocenters. The highest BCUT2D eigenvalue weighted by atomic mass is 79.9. The standard InChI is InChI=1S/C19H20BrN3O2S/c1-13-4-3-5-16(10-13)23-14(2)21-22-19(23)26-12-17(24)11-25-18-8-6-15(20)7-9-18/h3-10,17,24H,11-12H2,1-2H3/t17-/m0/s1.